The number of hydrogen-bond donors (Lipinski definition) is 1. The highest BCUT2D eigenvalue weighted by molar-refractivity contribution is 6.67. The van der Waals surface area contributed by atoms with Gasteiger partial charge in [0.25, 0.3) is 0 Å². The molecule has 1 heterocycles. The Kier molecular flexibility index (Phi) is 4.92. The summed E-state index contributed by atoms with van der Waals surface area (Å²) >= 11 is 21.8. The van der Waals surface area contributed by atoms with Gasteiger partial charge < -0.3 is 4.74 Å². The van der Waals surface area contributed by atoms with E-state index in [-0.39, 0.29) is 6.61 Å². The van der Waals surface area contributed by atoms with Crippen molar-refractivity contribution in [2.24, 2.45) is 0 Å². The summed E-state index contributed by atoms with van der Waals surface area (Å²) in [6.07, 6.45) is 0.634. The Bertz CT molecular complexity index is 363. The number of nitrogens with zero attached hydrogens (tertiary/aromatic N) is 1. The topological polar surface area (TPSA) is 51.2 Å². The number of carbonyl (C=O) groups excluding carboxylic acids is 1. The van der Waals surface area contributed by atoms with Gasteiger partial charge in [-0.3, -0.25) is 5.32 Å². The third-order valence-electron chi connectivity index (χ3n) is 1.34. The van der Waals surface area contributed by atoms with E-state index < -0.39 is 9.89 Å². The van der Waals surface area contributed by atoms with Crippen molar-refractivity contribution in [2.45, 2.75) is 3.79 Å². The lowest BCUT2D eigenvalue weighted by molar-refractivity contribution is 0.164. The van der Waals surface area contributed by atoms with E-state index >= 15 is 0 Å². The zero-order valence-corrected chi connectivity index (χ0v) is 10.7. The summed E-state index contributed by atoms with van der Waals surface area (Å²) in [6, 6.07) is 3.08. The smallest absolute Gasteiger partial charge is 0.411 e. The van der Waals surface area contributed by atoms with Gasteiger partial charge in [0.15, 0.2) is 0 Å². The fourth-order valence-electron chi connectivity index (χ4n) is 0.751. The van der Waals surface area contributed by atoms with Crippen LogP contribution in [0.25, 0.3) is 0 Å². The van der Waals surface area contributed by atoms with E-state index in [4.69, 9.17) is 46.4 Å². The van der Waals surface area contributed by atoms with E-state index in [0.717, 1.165) is 0 Å². The van der Waals surface area contributed by atoms with E-state index in [1.165, 1.54) is 12.3 Å². The van der Waals surface area contributed by atoms with Crippen LogP contribution >= 0.6 is 46.4 Å². The predicted molar refractivity (Wildman–Crippen MR) is 64.5 cm³/mol. The maximum absolute atomic E-state index is 11.2. The first-order valence-electron chi connectivity index (χ1n) is 3.99. The number of carbonyl (C=O) groups is 1. The predicted octanol–water partition coefficient (Wildman–Crippen LogP) is 3.65. The van der Waals surface area contributed by atoms with Crippen molar-refractivity contribution in [1.29, 1.82) is 0 Å². The molecule has 0 fully saturated rings. The van der Waals surface area contributed by atoms with Gasteiger partial charge in [0, 0.05) is 0 Å². The summed E-state index contributed by atoms with van der Waals surface area (Å²) in [5.74, 6) is 0. The van der Waals surface area contributed by atoms with Gasteiger partial charge in [0.2, 0.25) is 3.79 Å². The molecule has 0 saturated heterocycles. The first-order valence-corrected chi connectivity index (χ1v) is 5.50. The largest absolute Gasteiger partial charge is 0.445 e. The standard InChI is InChI=1S/C8H6Cl4N2O2/c9-6-2-1-5(3-13-6)14-7(15)16-4-8(10,11)12/h1-3H,4H2,(H,14,15). The average Bonchev–Trinajstić information content (AvgIpc) is 2.18. The van der Waals surface area contributed by atoms with E-state index in [2.05, 4.69) is 15.0 Å². The van der Waals surface area contributed by atoms with Crippen molar-refractivity contribution < 1.29 is 9.53 Å². The maximum atomic E-state index is 11.2. The lowest BCUT2D eigenvalue weighted by atomic mass is 10.4. The van der Waals surface area contributed by atoms with Gasteiger partial charge in [0.1, 0.15) is 11.8 Å². The summed E-state index contributed by atoms with van der Waals surface area (Å²) in [5, 5.41) is 2.70. The lowest BCUT2D eigenvalue weighted by Crippen LogP contribution is -2.21. The molecule has 0 radical (unpaired) electrons. The van der Waals surface area contributed by atoms with Crippen LogP contribution in [-0.2, 0) is 4.74 Å². The Morgan fingerprint density at radius 3 is 2.62 bits per heavy atom. The van der Waals surface area contributed by atoms with Crippen LogP contribution in [0, 0.1) is 0 Å². The molecule has 0 saturated carbocycles. The highest BCUT2D eigenvalue weighted by Crippen LogP contribution is 2.26. The minimum Gasteiger partial charge on any atom is -0.445 e. The van der Waals surface area contributed by atoms with Gasteiger partial charge in [-0.25, -0.2) is 9.78 Å². The average molecular weight is 304 g/mol. The second-order valence-corrected chi connectivity index (χ2v) is 5.59. The molecule has 0 spiro atoms. The van der Waals surface area contributed by atoms with Gasteiger partial charge in [-0.2, -0.15) is 0 Å². The number of rotatable bonds is 2. The minimum atomic E-state index is -1.63. The third kappa shape index (κ3) is 5.61. The molecule has 0 aliphatic carbocycles. The summed E-state index contributed by atoms with van der Waals surface area (Å²) in [7, 11) is 0. The number of hydrogen-bond acceptors (Lipinski definition) is 3. The summed E-state index contributed by atoms with van der Waals surface area (Å²) in [5.41, 5.74) is 0.429. The Hall–Kier alpha value is -0.420. The molecule has 0 aliphatic heterocycles. The van der Waals surface area contributed by atoms with E-state index in [0.29, 0.717) is 10.8 Å². The number of ether oxygens (including phenoxy) is 1. The number of halogens is 4. The highest BCUT2D eigenvalue weighted by Gasteiger charge is 2.22. The Balaban J connectivity index is 2.43. The molecule has 0 atom stereocenters. The normalized spacial score (nSPS) is 11.0. The van der Waals surface area contributed by atoms with Crippen LogP contribution in [0.5, 0.6) is 0 Å². The van der Waals surface area contributed by atoms with E-state index in [9.17, 15) is 4.79 Å². The Labute approximate surface area is 112 Å². The highest BCUT2D eigenvalue weighted by atomic mass is 35.6. The van der Waals surface area contributed by atoms with Crippen molar-refractivity contribution >= 4 is 58.2 Å². The van der Waals surface area contributed by atoms with Crippen molar-refractivity contribution in [1.82, 2.24) is 4.98 Å². The number of anilines is 1. The molecule has 1 aromatic heterocycles. The van der Waals surface area contributed by atoms with E-state index in [1.54, 1.807) is 6.07 Å². The SMILES string of the molecule is O=C(Nc1ccc(Cl)nc1)OCC(Cl)(Cl)Cl. The van der Waals surface area contributed by atoms with Crippen molar-refractivity contribution in [3.8, 4) is 0 Å². The number of amides is 1. The molecule has 0 aromatic carbocycles. The molecule has 1 rings (SSSR count). The second kappa shape index (κ2) is 5.77. The number of nitrogens with one attached hydrogen (secondary N) is 1. The van der Waals surface area contributed by atoms with Crippen LogP contribution < -0.4 is 5.32 Å². The summed E-state index contributed by atoms with van der Waals surface area (Å²) in [6.45, 7) is -0.343. The molecule has 8 heteroatoms. The fourth-order valence-corrected chi connectivity index (χ4v) is 1.03. The quantitative estimate of drug-likeness (QED) is 0.670. The number of alkyl halides is 3. The molecule has 0 bridgehead atoms. The Morgan fingerprint density at radius 1 is 1.44 bits per heavy atom. The molecule has 0 unspecified atom stereocenters. The van der Waals surface area contributed by atoms with Crippen LogP contribution in [0.3, 0.4) is 0 Å². The van der Waals surface area contributed by atoms with Crippen molar-refractivity contribution in [3.63, 3.8) is 0 Å². The van der Waals surface area contributed by atoms with Gasteiger partial charge in [0.05, 0.1) is 11.9 Å². The Morgan fingerprint density at radius 2 is 2.12 bits per heavy atom. The number of aromatic nitrogens is 1. The molecule has 1 amide bonds. The first kappa shape index (κ1) is 13.6. The van der Waals surface area contributed by atoms with Gasteiger partial charge in [-0.15, -0.1) is 0 Å². The first-order chi connectivity index (χ1) is 7.37. The molecular weight excluding hydrogens is 298 g/mol. The van der Waals surface area contributed by atoms with Gasteiger partial charge >= 0.3 is 6.09 Å². The fraction of sp³-hybridized carbons (Fsp3) is 0.250. The zero-order chi connectivity index (χ0) is 12.2. The zero-order valence-electron chi connectivity index (χ0n) is 7.71. The monoisotopic (exact) mass is 302 g/mol. The van der Waals surface area contributed by atoms with Gasteiger partial charge in [-0.05, 0) is 12.1 Å². The van der Waals surface area contributed by atoms with Crippen molar-refractivity contribution in [3.05, 3.63) is 23.5 Å². The minimum absolute atomic E-state index is 0.320. The van der Waals surface area contributed by atoms with Crippen LogP contribution in [0.4, 0.5) is 10.5 Å². The molecular formula is C8H6Cl4N2O2. The molecule has 4 nitrogen and oxygen atoms in total. The third-order valence-corrected chi connectivity index (χ3v) is 1.89. The van der Waals surface area contributed by atoms with Gasteiger partial charge in [-0.1, -0.05) is 46.4 Å². The lowest BCUT2D eigenvalue weighted by Gasteiger charge is -2.11. The molecule has 88 valence electrons. The van der Waals surface area contributed by atoms with E-state index in [1.807, 2.05) is 0 Å². The summed E-state index contributed by atoms with van der Waals surface area (Å²) < 4.78 is 3.00. The van der Waals surface area contributed by atoms with Crippen LogP contribution in [0.1, 0.15) is 0 Å². The van der Waals surface area contributed by atoms with Crippen LogP contribution in [0.15, 0.2) is 18.3 Å². The van der Waals surface area contributed by atoms with Crippen LogP contribution in [0.2, 0.25) is 5.15 Å². The molecule has 0 aliphatic rings. The number of pyridine rings is 1. The molecule has 16 heavy (non-hydrogen) atoms. The van der Waals surface area contributed by atoms with Crippen LogP contribution in [-0.4, -0.2) is 21.5 Å². The molecule has 1 aromatic rings. The molecule has 1 N–H and O–H groups in total. The second-order valence-electron chi connectivity index (χ2n) is 2.69. The van der Waals surface area contributed by atoms with Crippen molar-refractivity contribution in [2.75, 3.05) is 11.9 Å². The maximum Gasteiger partial charge on any atom is 0.411 e. The summed E-state index contributed by atoms with van der Waals surface area (Å²) in [4.78, 5) is 14.9.